The molecule has 3 rings (SSSR count). The van der Waals surface area contributed by atoms with E-state index < -0.39 is 0 Å². The average Bonchev–Trinajstić information content (AvgIpc) is 2.81. The molecule has 1 atom stereocenters. The van der Waals surface area contributed by atoms with E-state index in [1.165, 1.54) is 49.4 Å². The summed E-state index contributed by atoms with van der Waals surface area (Å²) in [5.74, 6) is 0. The molecule has 1 unspecified atom stereocenters. The lowest BCUT2D eigenvalue weighted by atomic mass is 9.88. The maximum absolute atomic E-state index is 3.86. The van der Waals surface area contributed by atoms with Crippen molar-refractivity contribution in [1.29, 1.82) is 0 Å². The molecule has 17 heavy (non-hydrogen) atoms. The molecular weight excluding hydrogens is 274 g/mol. The van der Waals surface area contributed by atoms with Crippen molar-refractivity contribution in [2.45, 2.75) is 57.0 Å². The summed E-state index contributed by atoms with van der Waals surface area (Å²) in [7, 11) is 0. The first-order valence-corrected chi connectivity index (χ1v) is 7.64. The highest BCUT2D eigenvalue weighted by Crippen LogP contribution is 2.26. The summed E-state index contributed by atoms with van der Waals surface area (Å²) in [5, 5.41) is 3.86. The molecule has 0 bridgehead atoms. The number of fused-ring (bicyclic) bond motifs is 1. The van der Waals surface area contributed by atoms with Gasteiger partial charge in [-0.2, -0.15) is 0 Å². The Bertz CT molecular complexity index is 396. The zero-order chi connectivity index (χ0) is 11.7. The average molecular weight is 294 g/mol. The predicted octanol–water partition coefficient (Wildman–Crippen LogP) is 3.84. The number of aryl methyl sites for hydroxylation is 1. The van der Waals surface area contributed by atoms with Gasteiger partial charge < -0.3 is 5.32 Å². The Hall–Kier alpha value is -0.340. The lowest BCUT2D eigenvalue weighted by Crippen LogP contribution is -2.40. The molecule has 1 aromatic carbocycles. The second-order valence-corrected chi connectivity index (χ2v) is 6.42. The van der Waals surface area contributed by atoms with E-state index >= 15 is 0 Å². The highest BCUT2D eigenvalue weighted by Gasteiger charge is 2.23. The smallest absolute Gasteiger partial charge is 0.0178 e. The number of benzene rings is 1. The van der Waals surface area contributed by atoms with Gasteiger partial charge in [-0.05, 0) is 55.4 Å². The second kappa shape index (κ2) is 5.11. The Labute approximate surface area is 112 Å². The maximum Gasteiger partial charge on any atom is 0.0178 e. The molecule has 0 spiro atoms. The third-order valence-corrected chi connectivity index (χ3v) is 4.72. The third kappa shape index (κ3) is 2.74. The quantitative estimate of drug-likeness (QED) is 0.874. The Morgan fingerprint density at radius 1 is 1.00 bits per heavy atom. The second-order valence-electron chi connectivity index (χ2n) is 5.50. The van der Waals surface area contributed by atoms with Gasteiger partial charge in [0.2, 0.25) is 0 Å². The van der Waals surface area contributed by atoms with Crippen LogP contribution >= 0.6 is 15.9 Å². The number of hydrogen-bond donors (Lipinski definition) is 1. The summed E-state index contributed by atoms with van der Waals surface area (Å²) in [5.41, 5.74) is 3.10. The van der Waals surface area contributed by atoms with Gasteiger partial charge in [0.05, 0.1) is 0 Å². The molecule has 0 saturated heterocycles. The number of rotatable bonds is 2. The van der Waals surface area contributed by atoms with Gasteiger partial charge in [0.15, 0.2) is 0 Å². The van der Waals surface area contributed by atoms with E-state index in [2.05, 4.69) is 39.4 Å². The topological polar surface area (TPSA) is 12.0 Å². The van der Waals surface area contributed by atoms with Crippen molar-refractivity contribution in [3.63, 3.8) is 0 Å². The van der Waals surface area contributed by atoms with Crippen molar-refractivity contribution in [3.8, 4) is 0 Å². The molecule has 1 nitrogen and oxygen atoms in total. The van der Waals surface area contributed by atoms with E-state index in [1.807, 2.05) is 0 Å². The van der Waals surface area contributed by atoms with Crippen molar-refractivity contribution in [2.24, 2.45) is 0 Å². The van der Waals surface area contributed by atoms with Gasteiger partial charge in [0.25, 0.3) is 0 Å². The van der Waals surface area contributed by atoms with E-state index in [0.29, 0.717) is 6.04 Å². The Morgan fingerprint density at radius 3 is 2.65 bits per heavy atom. The van der Waals surface area contributed by atoms with Gasteiger partial charge >= 0.3 is 0 Å². The maximum atomic E-state index is 3.86. The highest BCUT2D eigenvalue weighted by atomic mass is 79.9. The molecule has 0 heterocycles. The van der Waals surface area contributed by atoms with Crippen LogP contribution in [0.2, 0.25) is 0 Å². The molecule has 1 N–H and O–H groups in total. The summed E-state index contributed by atoms with van der Waals surface area (Å²) in [4.78, 5) is 0. The van der Waals surface area contributed by atoms with Crippen molar-refractivity contribution in [2.75, 3.05) is 0 Å². The first-order chi connectivity index (χ1) is 8.31. The van der Waals surface area contributed by atoms with E-state index in [9.17, 15) is 0 Å². The van der Waals surface area contributed by atoms with Gasteiger partial charge in [0, 0.05) is 16.6 Å². The molecule has 0 radical (unpaired) electrons. The van der Waals surface area contributed by atoms with Gasteiger partial charge in [-0.1, -0.05) is 34.8 Å². The van der Waals surface area contributed by atoms with Crippen LogP contribution in [0.15, 0.2) is 22.7 Å². The van der Waals surface area contributed by atoms with Crippen LogP contribution < -0.4 is 5.32 Å². The third-order valence-electron chi connectivity index (χ3n) is 4.22. The summed E-state index contributed by atoms with van der Waals surface area (Å²) in [6, 6.07) is 8.26. The molecule has 92 valence electrons. The van der Waals surface area contributed by atoms with Crippen molar-refractivity contribution >= 4 is 15.9 Å². The molecule has 1 fully saturated rings. The van der Waals surface area contributed by atoms with Crippen LogP contribution in [0.3, 0.4) is 0 Å². The lowest BCUT2D eigenvalue weighted by Gasteiger charge is -2.28. The van der Waals surface area contributed by atoms with E-state index in [4.69, 9.17) is 0 Å². The first kappa shape index (κ1) is 11.7. The number of halogens is 1. The molecule has 0 amide bonds. The zero-order valence-corrected chi connectivity index (χ0v) is 11.8. The van der Waals surface area contributed by atoms with Crippen LogP contribution in [-0.4, -0.2) is 12.1 Å². The van der Waals surface area contributed by atoms with Gasteiger partial charge in [0.1, 0.15) is 0 Å². The van der Waals surface area contributed by atoms with Gasteiger partial charge in [-0.15, -0.1) is 0 Å². The highest BCUT2D eigenvalue weighted by molar-refractivity contribution is 9.10. The van der Waals surface area contributed by atoms with Crippen LogP contribution in [0, 0.1) is 0 Å². The summed E-state index contributed by atoms with van der Waals surface area (Å²) in [6.07, 6.45) is 9.39. The van der Waals surface area contributed by atoms with E-state index in [-0.39, 0.29) is 0 Å². The summed E-state index contributed by atoms with van der Waals surface area (Å²) >= 11 is 3.58. The minimum atomic E-state index is 0.708. The van der Waals surface area contributed by atoms with Crippen LogP contribution in [0.1, 0.15) is 43.2 Å². The Morgan fingerprint density at radius 2 is 1.82 bits per heavy atom. The molecule has 2 aliphatic carbocycles. The Kier molecular flexibility index (Phi) is 3.53. The zero-order valence-electron chi connectivity index (χ0n) is 10.2. The lowest BCUT2D eigenvalue weighted by molar-refractivity contribution is 0.395. The fourth-order valence-corrected chi connectivity index (χ4v) is 3.70. The Balaban J connectivity index is 1.67. The SMILES string of the molecule is Brc1ccc2c(c1)CC(NC1CCCC1)CC2. The fraction of sp³-hybridized carbons (Fsp3) is 0.600. The standard InChI is InChI=1S/C15H20BrN/c16-13-7-5-11-6-8-15(10-12(11)9-13)17-14-3-1-2-4-14/h5,7,9,14-15,17H,1-4,6,8,10H2. The summed E-state index contributed by atoms with van der Waals surface area (Å²) in [6.45, 7) is 0. The van der Waals surface area contributed by atoms with Crippen molar-refractivity contribution in [3.05, 3.63) is 33.8 Å². The molecular formula is C15H20BrN. The first-order valence-electron chi connectivity index (χ1n) is 6.84. The molecule has 1 saturated carbocycles. The normalized spacial score (nSPS) is 24.9. The van der Waals surface area contributed by atoms with Crippen molar-refractivity contribution in [1.82, 2.24) is 5.32 Å². The number of nitrogens with one attached hydrogen (secondary N) is 1. The van der Waals surface area contributed by atoms with Crippen molar-refractivity contribution < 1.29 is 0 Å². The molecule has 0 aromatic heterocycles. The van der Waals surface area contributed by atoms with Crippen LogP contribution in [0.25, 0.3) is 0 Å². The largest absolute Gasteiger partial charge is 0.311 e. The van der Waals surface area contributed by atoms with E-state index in [0.717, 1.165) is 6.04 Å². The fourth-order valence-electron chi connectivity index (χ4n) is 3.29. The number of hydrogen-bond acceptors (Lipinski definition) is 1. The van der Waals surface area contributed by atoms with Crippen LogP contribution in [0.5, 0.6) is 0 Å². The monoisotopic (exact) mass is 293 g/mol. The van der Waals surface area contributed by atoms with Crippen LogP contribution in [-0.2, 0) is 12.8 Å². The minimum absolute atomic E-state index is 0.708. The minimum Gasteiger partial charge on any atom is -0.311 e. The van der Waals surface area contributed by atoms with Gasteiger partial charge in [-0.3, -0.25) is 0 Å². The predicted molar refractivity (Wildman–Crippen MR) is 75.3 cm³/mol. The molecule has 1 aromatic rings. The van der Waals surface area contributed by atoms with E-state index in [1.54, 1.807) is 11.1 Å². The van der Waals surface area contributed by atoms with Gasteiger partial charge in [-0.25, -0.2) is 0 Å². The molecule has 2 heteroatoms. The molecule has 2 aliphatic rings. The summed E-state index contributed by atoms with van der Waals surface area (Å²) < 4.78 is 1.22. The molecule has 0 aliphatic heterocycles. The van der Waals surface area contributed by atoms with Crippen LogP contribution in [0.4, 0.5) is 0 Å².